The SMILES string of the molecule is N#CCc1cc(N)ncc1-c1ccc(Cl)cc1Cl. The predicted octanol–water partition coefficient (Wildman–Crippen LogP) is 3.70. The summed E-state index contributed by atoms with van der Waals surface area (Å²) in [4.78, 5) is 4.04. The van der Waals surface area contributed by atoms with Crippen LogP contribution in [0, 0.1) is 11.3 Å². The Hall–Kier alpha value is -1.76. The standard InChI is InChI=1S/C13H9Cl2N3/c14-9-1-2-10(12(15)6-9)11-7-18-13(17)5-8(11)3-4-16/h1-2,5-7H,3H2,(H2,17,18). The highest BCUT2D eigenvalue weighted by molar-refractivity contribution is 6.36. The summed E-state index contributed by atoms with van der Waals surface area (Å²) in [5.41, 5.74) is 8.01. The number of nitrogens with zero attached hydrogens (tertiary/aromatic N) is 2. The summed E-state index contributed by atoms with van der Waals surface area (Å²) in [7, 11) is 0. The van der Waals surface area contributed by atoms with Crippen LogP contribution in [0.25, 0.3) is 11.1 Å². The molecule has 0 amide bonds. The molecule has 0 radical (unpaired) electrons. The number of pyridine rings is 1. The van der Waals surface area contributed by atoms with Crippen LogP contribution < -0.4 is 5.73 Å². The van der Waals surface area contributed by atoms with Gasteiger partial charge < -0.3 is 5.73 Å². The van der Waals surface area contributed by atoms with Gasteiger partial charge in [-0.05, 0) is 23.8 Å². The number of nitrogen functional groups attached to an aromatic ring is 1. The number of nitriles is 1. The van der Waals surface area contributed by atoms with Gasteiger partial charge in [0.05, 0.1) is 12.5 Å². The summed E-state index contributed by atoms with van der Waals surface area (Å²) in [5, 5.41) is 9.92. The van der Waals surface area contributed by atoms with Crippen molar-refractivity contribution in [1.82, 2.24) is 4.98 Å². The molecule has 1 heterocycles. The molecule has 2 aromatic rings. The maximum Gasteiger partial charge on any atom is 0.123 e. The van der Waals surface area contributed by atoms with Gasteiger partial charge in [0, 0.05) is 27.4 Å². The fourth-order valence-corrected chi connectivity index (χ4v) is 2.21. The van der Waals surface area contributed by atoms with Crippen LogP contribution in [0.1, 0.15) is 5.56 Å². The van der Waals surface area contributed by atoms with E-state index in [1.807, 2.05) is 0 Å². The Labute approximate surface area is 115 Å². The Morgan fingerprint density at radius 2 is 2.00 bits per heavy atom. The average Bonchev–Trinajstić information content (AvgIpc) is 2.31. The second kappa shape index (κ2) is 5.26. The van der Waals surface area contributed by atoms with Crippen molar-refractivity contribution in [3.63, 3.8) is 0 Å². The number of rotatable bonds is 2. The second-order valence-corrected chi connectivity index (χ2v) is 4.57. The van der Waals surface area contributed by atoms with Gasteiger partial charge in [-0.15, -0.1) is 0 Å². The summed E-state index contributed by atoms with van der Waals surface area (Å²) < 4.78 is 0. The van der Waals surface area contributed by atoms with Crippen LogP contribution in [-0.4, -0.2) is 4.98 Å². The molecule has 0 aliphatic rings. The first-order valence-corrected chi connectivity index (χ1v) is 5.94. The van der Waals surface area contributed by atoms with E-state index in [-0.39, 0.29) is 6.42 Å². The van der Waals surface area contributed by atoms with Gasteiger partial charge in [0.15, 0.2) is 0 Å². The first-order chi connectivity index (χ1) is 8.61. The molecular formula is C13H9Cl2N3. The van der Waals surface area contributed by atoms with E-state index in [0.29, 0.717) is 15.9 Å². The molecule has 0 aliphatic heterocycles. The van der Waals surface area contributed by atoms with E-state index in [1.165, 1.54) is 0 Å². The lowest BCUT2D eigenvalue weighted by atomic mass is 10.00. The van der Waals surface area contributed by atoms with Crippen LogP contribution >= 0.6 is 23.2 Å². The van der Waals surface area contributed by atoms with Gasteiger partial charge in [0.2, 0.25) is 0 Å². The summed E-state index contributed by atoms with van der Waals surface area (Å²) >= 11 is 12.0. The van der Waals surface area contributed by atoms with E-state index in [0.717, 1.165) is 16.7 Å². The number of hydrogen-bond donors (Lipinski definition) is 1. The molecule has 2 rings (SSSR count). The van der Waals surface area contributed by atoms with Crippen molar-refractivity contribution in [1.29, 1.82) is 5.26 Å². The second-order valence-electron chi connectivity index (χ2n) is 3.73. The summed E-state index contributed by atoms with van der Waals surface area (Å²) in [6.07, 6.45) is 1.87. The van der Waals surface area contributed by atoms with Gasteiger partial charge in [0.25, 0.3) is 0 Å². The first kappa shape index (κ1) is 12.7. The van der Waals surface area contributed by atoms with E-state index >= 15 is 0 Å². The van der Waals surface area contributed by atoms with E-state index in [1.54, 1.807) is 30.5 Å². The topological polar surface area (TPSA) is 62.7 Å². The average molecular weight is 278 g/mol. The van der Waals surface area contributed by atoms with Gasteiger partial charge in [-0.1, -0.05) is 29.3 Å². The van der Waals surface area contributed by atoms with Crippen LogP contribution in [0.2, 0.25) is 10.0 Å². The van der Waals surface area contributed by atoms with Crippen molar-refractivity contribution in [3.05, 3.63) is 46.1 Å². The summed E-state index contributed by atoms with van der Waals surface area (Å²) in [6.45, 7) is 0. The molecular weight excluding hydrogens is 269 g/mol. The number of benzene rings is 1. The van der Waals surface area contributed by atoms with Crippen LogP contribution in [0.4, 0.5) is 5.82 Å². The van der Waals surface area contributed by atoms with Crippen LogP contribution in [0.3, 0.4) is 0 Å². The number of anilines is 1. The molecule has 5 heteroatoms. The van der Waals surface area contributed by atoms with Crippen LogP contribution in [0.5, 0.6) is 0 Å². The molecule has 0 saturated carbocycles. The lowest BCUT2D eigenvalue weighted by molar-refractivity contribution is 1.22. The van der Waals surface area contributed by atoms with Crippen LogP contribution in [-0.2, 0) is 6.42 Å². The lowest BCUT2D eigenvalue weighted by Gasteiger charge is -2.09. The van der Waals surface area contributed by atoms with Crippen LogP contribution in [0.15, 0.2) is 30.5 Å². The highest BCUT2D eigenvalue weighted by Crippen LogP contribution is 2.32. The Morgan fingerprint density at radius 1 is 1.22 bits per heavy atom. The molecule has 0 unspecified atom stereocenters. The zero-order chi connectivity index (χ0) is 13.1. The molecule has 2 N–H and O–H groups in total. The van der Waals surface area contributed by atoms with Gasteiger partial charge in [-0.3, -0.25) is 0 Å². The molecule has 0 saturated heterocycles. The highest BCUT2D eigenvalue weighted by atomic mass is 35.5. The third kappa shape index (κ3) is 2.56. The highest BCUT2D eigenvalue weighted by Gasteiger charge is 2.10. The molecule has 0 bridgehead atoms. The molecule has 0 atom stereocenters. The fourth-order valence-electron chi connectivity index (χ4n) is 1.70. The third-order valence-corrected chi connectivity index (χ3v) is 3.05. The summed E-state index contributed by atoms with van der Waals surface area (Å²) in [5.74, 6) is 0.383. The van der Waals surface area contributed by atoms with Gasteiger partial charge in [-0.25, -0.2) is 4.98 Å². The van der Waals surface area contributed by atoms with Crippen molar-refractivity contribution in [3.8, 4) is 17.2 Å². The molecule has 0 spiro atoms. The number of halogens is 2. The van der Waals surface area contributed by atoms with Crippen molar-refractivity contribution in [2.45, 2.75) is 6.42 Å². The van der Waals surface area contributed by atoms with Crippen molar-refractivity contribution in [2.75, 3.05) is 5.73 Å². The van der Waals surface area contributed by atoms with E-state index < -0.39 is 0 Å². The minimum atomic E-state index is 0.251. The molecule has 18 heavy (non-hydrogen) atoms. The van der Waals surface area contributed by atoms with Gasteiger partial charge >= 0.3 is 0 Å². The largest absolute Gasteiger partial charge is 0.384 e. The lowest BCUT2D eigenvalue weighted by Crippen LogP contribution is -1.96. The molecule has 90 valence electrons. The number of aromatic nitrogens is 1. The Bertz CT molecular complexity index is 633. The maximum absolute atomic E-state index is 8.83. The normalized spacial score (nSPS) is 10.1. The molecule has 1 aromatic heterocycles. The molecule has 0 fully saturated rings. The Balaban J connectivity index is 2.60. The minimum absolute atomic E-state index is 0.251. The van der Waals surface area contributed by atoms with Gasteiger partial charge in [-0.2, -0.15) is 5.26 Å². The molecule has 1 aromatic carbocycles. The van der Waals surface area contributed by atoms with Gasteiger partial charge in [0.1, 0.15) is 5.82 Å². The fraction of sp³-hybridized carbons (Fsp3) is 0.0769. The third-order valence-electron chi connectivity index (χ3n) is 2.50. The summed E-state index contributed by atoms with van der Waals surface area (Å²) in [6, 6.07) is 8.99. The van der Waals surface area contributed by atoms with Crippen molar-refractivity contribution in [2.24, 2.45) is 0 Å². The zero-order valence-corrected chi connectivity index (χ0v) is 10.8. The first-order valence-electron chi connectivity index (χ1n) is 5.18. The Morgan fingerprint density at radius 3 is 2.67 bits per heavy atom. The Kier molecular flexibility index (Phi) is 3.71. The van der Waals surface area contributed by atoms with E-state index in [2.05, 4.69) is 11.1 Å². The minimum Gasteiger partial charge on any atom is -0.384 e. The number of nitrogens with two attached hydrogens (primary N) is 1. The predicted molar refractivity (Wildman–Crippen MR) is 73.4 cm³/mol. The molecule has 0 aliphatic carbocycles. The van der Waals surface area contributed by atoms with E-state index in [9.17, 15) is 0 Å². The zero-order valence-electron chi connectivity index (χ0n) is 9.32. The number of hydrogen-bond acceptors (Lipinski definition) is 3. The smallest absolute Gasteiger partial charge is 0.123 e. The molecule has 3 nitrogen and oxygen atoms in total. The monoisotopic (exact) mass is 277 g/mol. The quantitative estimate of drug-likeness (QED) is 0.910. The van der Waals surface area contributed by atoms with Crippen molar-refractivity contribution < 1.29 is 0 Å². The van der Waals surface area contributed by atoms with E-state index in [4.69, 9.17) is 34.2 Å². The maximum atomic E-state index is 8.83. The van der Waals surface area contributed by atoms with Crippen molar-refractivity contribution >= 4 is 29.0 Å².